The number of carbonyl (C=O) groups excluding carboxylic acids is 1. The zero-order chi connectivity index (χ0) is 24.4. The number of hydrogen-bond donors (Lipinski definition) is 0. The number of hydrogen-bond acceptors (Lipinski definition) is 7. The van der Waals surface area contributed by atoms with Gasteiger partial charge in [0, 0.05) is 24.8 Å². The minimum absolute atomic E-state index is 0.106. The van der Waals surface area contributed by atoms with Crippen LogP contribution >= 0.6 is 11.3 Å². The smallest absolute Gasteiger partial charge is 0.260 e. The van der Waals surface area contributed by atoms with Crippen molar-refractivity contribution in [3.05, 3.63) is 83.9 Å². The van der Waals surface area contributed by atoms with Gasteiger partial charge in [-0.05, 0) is 48.5 Å². The number of rotatable bonds is 6. The topological polar surface area (TPSA) is 92.7 Å². The number of thiazole rings is 1. The molecule has 0 N–H and O–H groups in total. The van der Waals surface area contributed by atoms with E-state index in [1.165, 1.54) is 50.9 Å². The molecule has 0 atom stereocenters. The molecular formula is C24H21FN4O4S2. The highest BCUT2D eigenvalue weighted by Gasteiger charge is 2.27. The van der Waals surface area contributed by atoms with Gasteiger partial charge in [0.05, 0.1) is 35.0 Å². The van der Waals surface area contributed by atoms with Crippen molar-refractivity contribution >= 4 is 42.6 Å². The quantitative estimate of drug-likeness (QED) is 0.391. The molecule has 4 aromatic rings. The molecular weight excluding hydrogens is 491 g/mol. The summed E-state index contributed by atoms with van der Waals surface area (Å²) in [4.78, 5) is 23.8. The summed E-state index contributed by atoms with van der Waals surface area (Å²) in [5.41, 5.74) is 1.10. The van der Waals surface area contributed by atoms with E-state index < -0.39 is 21.7 Å². The second kappa shape index (κ2) is 9.78. The van der Waals surface area contributed by atoms with Crippen LogP contribution in [-0.2, 0) is 21.3 Å². The number of amides is 1. The minimum Gasteiger partial charge on any atom is -0.379 e. The molecule has 3 heterocycles. The Morgan fingerprint density at radius 2 is 1.83 bits per heavy atom. The van der Waals surface area contributed by atoms with Crippen molar-refractivity contribution in [1.82, 2.24) is 14.3 Å². The normalized spacial score (nSPS) is 14.8. The lowest BCUT2D eigenvalue weighted by atomic mass is 10.2. The number of nitrogens with zero attached hydrogens (tertiary/aromatic N) is 4. The van der Waals surface area contributed by atoms with Crippen molar-refractivity contribution in [2.24, 2.45) is 0 Å². The Balaban J connectivity index is 1.47. The average Bonchev–Trinajstić information content (AvgIpc) is 3.34. The lowest BCUT2D eigenvalue weighted by molar-refractivity contribution is 0.0730. The molecule has 2 aromatic carbocycles. The molecule has 0 spiro atoms. The Bertz CT molecular complexity index is 1450. The molecule has 1 amide bonds. The first-order valence-electron chi connectivity index (χ1n) is 10.9. The van der Waals surface area contributed by atoms with E-state index in [1.807, 2.05) is 6.07 Å². The fraction of sp³-hybridized carbons (Fsp3) is 0.208. The first-order valence-corrected chi connectivity index (χ1v) is 13.1. The van der Waals surface area contributed by atoms with Crippen LogP contribution in [0.1, 0.15) is 16.1 Å². The third kappa shape index (κ3) is 4.80. The summed E-state index contributed by atoms with van der Waals surface area (Å²) in [5.74, 6) is -0.863. The van der Waals surface area contributed by atoms with Gasteiger partial charge in [0.2, 0.25) is 10.0 Å². The van der Waals surface area contributed by atoms with Crippen molar-refractivity contribution in [1.29, 1.82) is 0 Å². The lowest BCUT2D eigenvalue weighted by Gasteiger charge is -2.26. The van der Waals surface area contributed by atoms with Crippen LogP contribution in [0.15, 0.2) is 71.8 Å². The van der Waals surface area contributed by atoms with Crippen LogP contribution in [0.2, 0.25) is 0 Å². The van der Waals surface area contributed by atoms with Gasteiger partial charge in [0.25, 0.3) is 5.91 Å². The molecule has 0 aliphatic carbocycles. The van der Waals surface area contributed by atoms with Crippen LogP contribution in [-0.4, -0.2) is 54.9 Å². The fourth-order valence-corrected chi connectivity index (χ4v) is 6.15. The van der Waals surface area contributed by atoms with Gasteiger partial charge in [-0.25, -0.2) is 17.8 Å². The van der Waals surface area contributed by atoms with Gasteiger partial charge in [-0.1, -0.05) is 23.5 Å². The third-order valence-electron chi connectivity index (χ3n) is 5.59. The molecule has 0 radical (unpaired) electrons. The Hall–Kier alpha value is -3.25. The van der Waals surface area contributed by atoms with E-state index in [-0.39, 0.29) is 35.6 Å². The highest BCUT2D eigenvalue weighted by atomic mass is 32.2. The summed E-state index contributed by atoms with van der Waals surface area (Å²) in [6, 6.07) is 15.8. The van der Waals surface area contributed by atoms with E-state index in [4.69, 9.17) is 4.74 Å². The van der Waals surface area contributed by atoms with Crippen LogP contribution in [0.25, 0.3) is 10.2 Å². The summed E-state index contributed by atoms with van der Waals surface area (Å²) in [6.45, 7) is 1.39. The Morgan fingerprint density at radius 1 is 1.06 bits per heavy atom. The summed E-state index contributed by atoms with van der Waals surface area (Å²) in [6.07, 6.45) is 1.63. The molecule has 8 nitrogen and oxygen atoms in total. The zero-order valence-corrected chi connectivity index (χ0v) is 20.1. The SMILES string of the molecule is O=C(c1ccc(S(=O)(=O)N2CCOCC2)cc1)N(Cc1ccccn1)c1nc2c(F)cccc2s1. The number of carbonyl (C=O) groups is 1. The van der Waals surface area contributed by atoms with Crippen LogP contribution in [0.3, 0.4) is 0 Å². The summed E-state index contributed by atoms with van der Waals surface area (Å²) >= 11 is 1.20. The summed E-state index contributed by atoms with van der Waals surface area (Å²) < 4.78 is 47.3. The standard InChI is InChI=1S/C24H21FN4O4S2/c25-20-5-3-6-21-22(20)27-24(34-21)29(16-18-4-1-2-11-26-18)23(30)17-7-9-19(10-8-17)35(31,32)28-12-14-33-15-13-28/h1-11H,12-16H2. The Labute approximate surface area is 205 Å². The number of anilines is 1. The van der Waals surface area contributed by atoms with Crippen LogP contribution < -0.4 is 4.90 Å². The maximum Gasteiger partial charge on any atom is 0.260 e. The second-order valence-electron chi connectivity index (χ2n) is 7.84. The lowest BCUT2D eigenvalue weighted by Crippen LogP contribution is -2.40. The number of para-hydroxylation sites is 1. The van der Waals surface area contributed by atoms with Crippen molar-refractivity contribution in [3.8, 4) is 0 Å². The molecule has 11 heteroatoms. The van der Waals surface area contributed by atoms with E-state index in [1.54, 1.807) is 30.5 Å². The molecule has 1 fully saturated rings. The average molecular weight is 513 g/mol. The predicted octanol–water partition coefficient (Wildman–Crippen LogP) is 3.70. The number of fused-ring (bicyclic) bond motifs is 1. The van der Waals surface area contributed by atoms with Gasteiger partial charge in [0.1, 0.15) is 11.3 Å². The monoisotopic (exact) mass is 512 g/mol. The number of morpholine rings is 1. The summed E-state index contributed by atoms with van der Waals surface area (Å²) in [5, 5.41) is 0.325. The van der Waals surface area contributed by atoms with Crippen molar-refractivity contribution in [3.63, 3.8) is 0 Å². The Kier molecular flexibility index (Phi) is 6.56. The molecule has 0 saturated carbocycles. The van der Waals surface area contributed by atoms with E-state index >= 15 is 0 Å². The maximum atomic E-state index is 14.3. The number of halogens is 1. The first kappa shape index (κ1) is 23.5. The number of ether oxygens (including phenoxy) is 1. The molecule has 1 aliphatic heterocycles. The highest BCUT2D eigenvalue weighted by Crippen LogP contribution is 2.32. The molecule has 35 heavy (non-hydrogen) atoms. The number of benzene rings is 2. The molecule has 5 rings (SSSR count). The minimum atomic E-state index is -3.68. The number of aromatic nitrogens is 2. The largest absolute Gasteiger partial charge is 0.379 e. The van der Waals surface area contributed by atoms with Gasteiger partial charge in [-0.15, -0.1) is 0 Å². The van der Waals surface area contributed by atoms with Gasteiger partial charge < -0.3 is 4.74 Å². The van der Waals surface area contributed by atoms with Gasteiger partial charge >= 0.3 is 0 Å². The maximum absolute atomic E-state index is 14.3. The van der Waals surface area contributed by atoms with Crippen LogP contribution in [0.5, 0.6) is 0 Å². The molecule has 0 bridgehead atoms. The molecule has 1 saturated heterocycles. The van der Waals surface area contributed by atoms with Crippen molar-refractivity contribution < 1.29 is 22.3 Å². The number of pyridine rings is 1. The van der Waals surface area contributed by atoms with E-state index in [0.717, 1.165) is 0 Å². The van der Waals surface area contributed by atoms with E-state index in [2.05, 4.69) is 9.97 Å². The van der Waals surface area contributed by atoms with Crippen LogP contribution in [0, 0.1) is 5.82 Å². The molecule has 2 aromatic heterocycles. The zero-order valence-electron chi connectivity index (χ0n) is 18.5. The van der Waals surface area contributed by atoms with Gasteiger partial charge in [0.15, 0.2) is 5.13 Å². The number of sulfonamides is 1. The first-order chi connectivity index (χ1) is 16.9. The molecule has 0 unspecified atom stereocenters. The van der Waals surface area contributed by atoms with Crippen LogP contribution in [0.4, 0.5) is 9.52 Å². The molecule has 180 valence electrons. The Morgan fingerprint density at radius 3 is 2.51 bits per heavy atom. The predicted molar refractivity (Wildman–Crippen MR) is 130 cm³/mol. The van der Waals surface area contributed by atoms with E-state index in [9.17, 15) is 17.6 Å². The van der Waals surface area contributed by atoms with Crippen molar-refractivity contribution in [2.75, 3.05) is 31.2 Å². The second-order valence-corrected chi connectivity index (χ2v) is 10.8. The summed E-state index contributed by atoms with van der Waals surface area (Å²) in [7, 11) is -3.68. The van der Waals surface area contributed by atoms with Crippen molar-refractivity contribution in [2.45, 2.75) is 11.4 Å². The molecule has 1 aliphatic rings. The van der Waals surface area contributed by atoms with Gasteiger partial charge in [-0.3, -0.25) is 14.7 Å². The van der Waals surface area contributed by atoms with E-state index in [0.29, 0.717) is 28.7 Å². The fourth-order valence-electron chi connectivity index (χ4n) is 3.76. The van der Waals surface area contributed by atoms with Gasteiger partial charge in [-0.2, -0.15) is 4.31 Å². The highest BCUT2D eigenvalue weighted by molar-refractivity contribution is 7.89. The third-order valence-corrected chi connectivity index (χ3v) is 8.55.